The first-order valence-corrected chi connectivity index (χ1v) is 5.50. The Morgan fingerprint density at radius 1 is 1.33 bits per heavy atom. The van der Waals surface area contributed by atoms with Crippen LogP contribution in [-0.4, -0.2) is 22.2 Å². The van der Waals surface area contributed by atoms with Gasteiger partial charge >= 0.3 is 0 Å². The number of nitrogens with zero attached hydrogens (tertiary/aromatic N) is 1. The lowest BCUT2D eigenvalue weighted by Gasteiger charge is -2.06. The number of aromatic amines is 1. The van der Waals surface area contributed by atoms with Gasteiger partial charge in [0.05, 0.1) is 0 Å². The Morgan fingerprint density at radius 3 is 2.56 bits per heavy atom. The van der Waals surface area contributed by atoms with Crippen LogP contribution in [0.2, 0.25) is 0 Å². The number of hydrogen-bond acceptors (Lipinski definition) is 4. The van der Waals surface area contributed by atoms with E-state index in [-0.39, 0.29) is 23.6 Å². The van der Waals surface area contributed by atoms with Gasteiger partial charge < -0.3 is 14.8 Å². The molecule has 0 saturated heterocycles. The van der Waals surface area contributed by atoms with Gasteiger partial charge in [0.1, 0.15) is 18.0 Å². The van der Waals surface area contributed by atoms with Crippen LogP contribution in [0.4, 0.5) is 0 Å². The predicted octanol–water partition coefficient (Wildman–Crippen LogP) is 1.60. The van der Waals surface area contributed by atoms with Gasteiger partial charge in [0.2, 0.25) is 5.88 Å². The molecular formula is C13H14N2O3. The zero-order chi connectivity index (χ0) is 13.1. The number of methoxy groups -OCH3 is 1. The Balaban J connectivity index is 2.52. The molecule has 18 heavy (non-hydrogen) atoms. The molecule has 5 heteroatoms. The molecule has 2 rings (SSSR count). The average Bonchev–Trinajstić information content (AvgIpc) is 2.31. The van der Waals surface area contributed by atoms with E-state index in [4.69, 9.17) is 4.74 Å². The second-order valence-corrected chi connectivity index (χ2v) is 4.01. The van der Waals surface area contributed by atoms with Gasteiger partial charge in [-0.2, -0.15) is 4.98 Å². The second kappa shape index (κ2) is 5.01. The number of nitrogens with one attached hydrogen (secondary N) is 1. The molecule has 1 aromatic carbocycles. The molecular weight excluding hydrogens is 232 g/mol. The molecule has 0 aliphatic rings. The summed E-state index contributed by atoms with van der Waals surface area (Å²) in [5.74, 6) is 0.0190. The molecule has 94 valence electrons. The number of aromatic nitrogens is 2. The molecule has 0 amide bonds. The summed E-state index contributed by atoms with van der Waals surface area (Å²) in [6, 6.07) is 7.29. The fraction of sp³-hybridized carbons (Fsp3) is 0.231. The van der Waals surface area contributed by atoms with E-state index in [1.165, 1.54) is 7.11 Å². The molecule has 1 aromatic heterocycles. The van der Waals surface area contributed by atoms with Crippen molar-refractivity contribution in [3.8, 4) is 17.0 Å². The third-order valence-electron chi connectivity index (χ3n) is 2.57. The standard InChI is InChI=1S/C13H14N2O3/c1-8-3-5-9(6-4-8)11-12(16)14-10(7-18-2)15-13(11)17/h3-6H,7H2,1-2H3,(H2,14,15,16,17). The Hall–Kier alpha value is -2.14. The van der Waals surface area contributed by atoms with Crippen LogP contribution >= 0.6 is 0 Å². The van der Waals surface area contributed by atoms with E-state index >= 15 is 0 Å². The predicted molar refractivity (Wildman–Crippen MR) is 67.4 cm³/mol. The fourth-order valence-corrected chi connectivity index (χ4v) is 1.69. The molecule has 0 bridgehead atoms. The normalized spacial score (nSPS) is 10.6. The fourth-order valence-electron chi connectivity index (χ4n) is 1.69. The molecule has 2 aromatic rings. The summed E-state index contributed by atoms with van der Waals surface area (Å²) in [5, 5.41) is 9.83. The van der Waals surface area contributed by atoms with Crippen molar-refractivity contribution in [1.82, 2.24) is 9.97 Å². The summed E-state index contributed by atoms with van der Waals surface area (Å²) in [4.78, 5) is 18.4. The van der Waals surface area contributed by atoms with E-state index < -0.39 is 0 Å². The van der Waals surface area contributed by atoms with Crippen LogP contribution in [0.5, 0.6) is 5.88 Å². The van der Waals surface area contributed by atoms with Gasteiger partial charge in [-0.1, -0.05) is 29.8 Å². The van der Waals surface area contributed by atoms with Crippen LogP contribution < -0.4 is 5.56 Å². The number of benzene rings is 1. The maximum atomic E-state index is 11.9. The van der Waals surface area contributed by atoms with Gasteiger partial charge in [0.25, 0.3) is 5.56 Å². The maximum absolute atomic E-state index is 11.9. The highest BCUT2D eigenvalue weighted by Gasteiger charge is 2.12. The molecule has 1 heterocycles. The number of aromatic hydroxyl groups is 1. The molecule has 0 unspecified atom stereocenters. The van der Waals surface area contributed by atoms with Crippen LogP contribution in [0.15, 0.2) is 29.1 Å². The van der Waals surface area contributed by atoms with E-state index in [1.54, 1.807) is 12.1 Å². The summed E-state index contributed by atoms with van der Waals surface area (Å²) < 4.78 is 4.86. The average molecular weight is 246 g/mol. The topological polar surface area (TPSA) is 75.2 Å². The molecule has 0 atom stereocenters. The van der Waals surface area contributed by atoms with E-state index in [9.17, 15) is 9.90 Å². The smallest absolute Gasteiger partial charge is 0.262 e. The Bertz CT molecular complexity index is 603. The number of aryl methyl sites for hydroxylation is 1. The van der Waals surface area contributed by atoms with Gasteiger partial charge in [-0.25, -0.2) is 0 Å². The summed E-state index contributed by atoms with van der Waals surface area (Å²) in [7, 11) is 1.49. The van der Waals surface area contributed by atoms with Crippen molar-refractivity contribution in [3.63, 3.8) is 0 Å². The first-order chi connectivity index (χ1) is 8.61. The summed E-state index contributed by atoms with van der Waals surface area (Å²) in [6.45, 7) is 2.10. The van der Waals surface area contributed by atoms with Gasteiger partial charge in [0.15, 0.2) is 0 Å². The number of rotatable bonds is 3. The lowest BCUT2D eigenvalue weighted by atomic mass is 10.1. The number of H-pyrrole nitrogens is 1. The van der Waals surface area contributed by atoms with Crippen LogP contribution in [-0.2, 0) is 11.3 Å². The lowest BCUT2D eigenvalue weighted by molar-refractivity contribution is 0.176. The zero-order valence-corrected chi connectivity index (χ0v) is 10.2. The van der Waals surface area contributed by atoms with Crippen molar-refractivity contribution < 1.29 is 9.84 Å². The Kier molecular flexibility index (Phi) is 3.43. The minimum absolute atomic E-state index is 0.150. The molecule has 0 fully saturated rings. The van der Waals surface area contributed by atoms with E-state index in [1.807, 2.05) is 19.1 Å². The third-order valence-corrected chi connectivity index (χ3v) is 2.57. The minimum Gasteiger partial charge on any atom is -0.493 e. The van der Waals surface area contributed by atoms with Crippen molar-refractivity contribution >= 4 is 0 Å². The van der Waals surface area contributed by atoms with Gasteiger partial charge in [-0.15, -0.1) is 0 Å². The third kappa shape index (κ3) is 2.41. The molecule has 0 radical (unpaired) electrons. The first-order valence-electron chi connectivity index (χ1n) is 5.50. The highest BCUT2D eigenvalue weighted by atomic mass is 16.5. The van der Waals surface area contributed by atoms with Crippen molar-refractivity contribution in [2.45, 2.75) is 13.5 Å². The van der Waals surface area contributed by atoms with Crippen molar-refractivity contribution in [1.29, 1.82) is 0 Å². The second-order valence-electron chi connectivity index (χ2n) is 4.01. The monoisotopic (exact) mass is 246 g/mol. The van der Waals surface area contributed by atoms with Gasteiger partial charge in [-0.05, 0) is 12.5 Å². The highest BCUT2D eigenvalue weighted by Crippen LogP contribution is 2.23. The zero-order valence-electron chi connectivity index (χ0n) is 10.2. The van der Waals surface area contributed by atoms with Crippen LogP contribution in [0.1, 0.15) is 11.4 Å². The Labute approximate surface area is 104 Å². The van der Waals surface area contributed by atoms with Crippen molar-refractivity contribution in [3.05, 3.63) is 46.0 Å². The molecule has 0 aliphatic heterocycles. The quantitative estimate of drug-likeness (QED) is 0.862. The van der Waals surface area contributed by atoms with Crippen LogP contribution in [0, 0.1) is 6.92 Å². The van der Waals surface area contributed by atoms with Crippen LogP contribution in [0.25, 0.3) is 11.1 Å². The van der Waals surface area contributed by atoms with E-state index in [2.05, 4.69) is 9.97 Å². The molecule has 0 aliphatic carbocycles. The SMILES string of the molecule is COCc1nc(O)c(-c2ccc(C)cc2)c(=O)[nH]1. The molecule has 0 spiro atoms. The number of ether oxygens (including phenoxy) is 1. The van der Waals surface area contributed by atoms with Crippen molar-refractivity contribution in [2.75, 3.05) is 7.11 Å². The molecule has 0 saturated carbocycles. The number of hydrogen-bond donors (Lipinski definition) is 2. The maximum Gasteiger partial charge on any atom is 0.262 e. The molecule has 5 nitrogen and oxygen atoms in total. The van der Waals surface area contributed by atoms with Gasteiger partial charge in [0, 0.05) is 7.11 Å². The molecule has 2 N–H and O–H groups in total. The Morgan fingerprint density at radius 2 is 2.00 bits per heavy atom. The van der Waals surface area contributed by atoms with E-state index in [0.717, 1.165) is 5.56 Å². The van der Waals surface area contributed by atoms with Crippen LogP contribution in [0.3, 0.4) is 0 Å². The highest BCUT2D eigenvalue weighted by molar-refractivity contribution is 5.67. The van der Waals surface area contributed by atoms with Gasteiger partial charge in [-0.3, -0.25) is 4.79 Å². The van der Waals surface area contributed by atoms with Crippen molar-refractivity contribution in [2.24, 2.45) is 0 Å². The first kappa shape index (κ1) is 12.3. The largest absolute Gasteiger partial charge is 0.493 e. The summed E-state index contributed by atoms with van der Waals surface area (Å²) in [5.41, 5.74) is 1.52. The van der Waals surface area contributed by atoms with E-state index in [0.29, 0.717) is 11.4 Å². The lowest BCUT2D eigenvalue weighted by Crippen LogP contribution is -2.14. The summed E-state index contributed by atoms with van der Waals surface area (Å²) in [6.07, 6.45) is 0. The summed E-state index contributed by atoms with van der Waals surface area (Å²) >= 11 is 0. The minimum atomic E-state index is -0.376.